The molecule has 5 nitrogen and oxygen atoms in total. The lowest BCUT2D eigenvalue weighted by Gasteiger charge is -2.20. The van der Waals surface area contributed by atoms with Gasteiger partial charge in [0.2, 0.25) is 0 Å². The monoisotopic (exact) mass is 262 g/mol. The molecule has 0 unspecified atom stereocenters. The van der Waals surface area contributed by atoms with E-state index in [0.717, 1.165) is 5.82 Å². The Labute approximate surface area is 114 Å². The fourth-order valence-corrected chi connectivity index (χ4v) is 2.24. The summed E-state index contributed by atoms with van der Waals surface area (Å²) in [6.45, 7) is 5.84. The average Bonchev–Trinajstić information content (AvgIpc) is 2.80. The van der Waals surface area contributed by atoms with Gasteiger partial charge in [0.05, 0.1) is 0 Å². The van der Waals surface area contributed by atoms with Gasteiger partial charge in [-0.3, -0.25) is 4.79 Å². The maximum Gasteiger partial charge on any atom is 0.270 e. The SMILES string of the molecule is CC(C)(C)NC(=O)c1cc(NC2CCCC2)ncn1. The Morgan fingerprint density at radius 1 is 1.26 bits per heavy atom. The molecular formula is C14H22N4O. The van der Waals surface area contributed by atoms with E-state index in [4.69, 9.17) is 0 Å². The van der Waals surface area contributed by atoms with Crippen molar-refractivity contribution in [2.45, 2.75) is 58.0 Å². The first-order chi connectivity index (χ1) is 8.94. The number of amides is 1. The minimum Gasteiger partial charge on any atom is -0.367 e. The summed E-state index contributed by atoms with van der Waals surface area (Å²) in [5.41, 5.74) is 0.145. The van der Waals surface area contributed by atoms with Crippen molar-refractivity contribution in [1.82, 2.24) is 15.3 Å². The Bertz CT molecular complexity index is 447. The van der Waals surface area contributed by atoms with E-state index < -0.39 is 0 Å². The third-order valence-corrected chi connectivity index (χ3v) is 3.10. The van der Waals surface area contributed by atoms with Gasteiger partial charge in [-0.1, -0.05) is 12.8 Å². The Morgan fingerprint density at radius 3 is 2.58 bits per heavy atom. The highest BCUT2D eigenvalue weighted by Crippen LogP contribution is 2.21. The van der Waals surface area contributed by atoms with Crippen LogP contribution in [0.25, 0.3) is 0 Å². The second kappa shape index (κ2) is 5.55. The molecule has 0 aliphatic heterocycles. The molecule has 19 heavy (non-hydrogen) atoms. The number of nitrogens with zero attached hydrogens (tertiary/aromatic N) is 2. The summed E-state index contributed by atoms with van der Waals surface area (Å²) in [6, 6.07) is 2.20. The van der Waals surface area contributed by atoms with Crippen molar-refractivity contribution in [1.29, 1.82) is 0 Å². The molecule has 0 bridgehead atoms. The molecule has 2 rings (SSSR count). The fourth-order valence-electron chi connectivity index (χ4n) is 2.24. The van der Waals surface area contributed by atoms with Crippen molar-refractivity contribution >= 4 is 11.7 Å². The number of carbonyl (C=O) groups is 1. The van der Waals surface area contributed by atoms with Gasteiger partial charge in [0.15, 0.2) is 0 Å². The third-order valence-electron chi connectivity index (χ3n) is 3.10. The van der Waals surface area contributed by atoms with Crippen LogP contribution in [0.2, 0.25) is 0 Å². The van der Waals surface area contributed by atoms with E-state index in [2.05, 4.69) is 20.6 Å². The molecule has 5 heteroatoms. The van der Waals surface area contributed by atoms with Gasteiger partial charge in [-0.25, -0.2) is 9.97 Å². The molecule has 0 aromatic carbocycles. The number of anilines is 1. The minimum absolute atomic E-state index is 0.163. The fraction of sp³-hybridized carbons (Fsp3) is 0.643. The summed E-state index contributed by atoms with van der Waals surface area (Å²) in [7, 11) is 0. The van der Waals surface area contributed by atoms with E-state index in [-0.39, 0.29) is 11.4 Å². The predicted octanol–water partition coefficient (Wildman–Crippen LogP) is 2.36. The Morgan fingerprint density at radius 2 is 1.95 bits per heavy atom. The number of hydrogen-bond acceptors (Lipinski definition) is 4. The van der Waals surface area contributed by atoms with Gasteiger partial charge in [0.1, 0.15) is 17.8 Å². The maximum atomic E-state index is 12.0. The first-order valence-corrected chi connectivity index (χ1v) is 6.85. The second-order valence-electron chi connectivity index (χ2n) is 6.12. The van der Waals surface area contributed by atoms with Crippen LogP contribution in [-0.4, -0.2) is 27.5 Å². The Hall–Kier alpha value is -1.65. The number of rotatable bonds is 3. The van der Waals surface area contributed by atoms with Crippen LogP contribution in [0.5, 0.6) is 0 Å². The quantitative estimate of drug-likeness (QED) is 0.877. The average molecular weight is 262 g/mol. The second-order valence-corrected chi connectivity index (χ2v) is 6.12. The Kier molecular flexibility index (Phi) is 4.02. The van der Waals surface area contributed by atoms with E-state index >= 15 is 0 Å². The largest absolute Gasteiger partial charge is 0.367 e. The van der Waals surface area contributed by atoms with E-state index in [1.54, 1.807) is 6.07 Å². The zero-order valence-corrected chi connectivity index (χ0v) is 11.9. The molecule has 2 N–H and O–H groups in total. The number of nitrogens with one attached hydrogen (secondary N) is 2. The van der Waals surface area contributed by atoms with E-state index in [1.807, 2.05) is 20.8 Å². The van der Waals surface area contributed by atoms with E-state index in [1.165, 1.54) is 32.0 Å². The Balaban J connectivity index is 2.03. The number of hydrogen-bond donors (Lipinski definition) is 2. The zero-order valence-electron chi connectivity index (χ0n) is 11.9. The van der Waals surface area contributed by atoms with Crippen LogP contribution in [-0.2, 0) is 0 Å². The third kappa shape index (κ3) is 4.19. The van der Waals surface area contributed by atoms with Gasteiger partial charge >= 0.3 is 0 Å². The normalized spacial score (nSPS) is 16.4. The maximum absolute atomic E-state index is 12.0. The molecular weight excluding hydrogens is 240 g/mol. The molecule has 1 aromatic heterocycles. The lowest BCUT2D eigenvalue weighted by atomic mass is 10.1. The van der Waals surface area contributed by atoms with Gasteiger partial charge in [-0.05, 0) is 33.6 Å². The summed E-state index contributed by atoms with van der Waals surface area (Å²) in [6.07, 6.45) is 6.32. The summed E-state index contributed by atoms with van der Waals surface area (Å²) >= 11 is 0. The van der Waals surface area contributed by atoms with Gasteiger partial charge in [-0.15, -0.1) is 0 Å². The summed E-state index contributed by atoms with van der Waals surface area (Å²) < 4.78 is 0. The van der Waals surface area contributed by atoms with Crippen LogP contribution in [0.3, 0.4) is 0 Å². The molecule has 0 radical (unpaired) electrons. The first kappa shape index (κ1) is 13.8. The van der Waals surface area contributed by atoms with Crippen LogP contribution in [0.1, 0.15) is 56.9 Å². The molecule has 1 aromatic rings. The number of aromatic nitrogens is 2. The first-order valence-electron chi connectivity index (χ1n) is 6.85. The molecule has 0 spiro atoms. The van der Waals surface area contributed by atoms with Gasteiger partial charge in [0, 0.05) is 17.6 Å². The highest BCUT2D eigenvalue weighted by molar-refractivity contribution is 5.93. The van der Waals surface area contributed by atoms with Crippen molar-refractivity contribution < 1.29 is 4.79 Å². The molecule has 104 valence electrons. The van der Waals surface area contributed by atoms with Gasteiger partial charge < -0.3 is 10.6 Å². The van der Waals surface area contributed by atoms with E-state index in [9.17, 15) is 4.79 Å². The highest BCUT2D eigenvalue weighted by Gasteiger charge is 2.18. The molecule has 1 aliphatic carbocycles. The van der Waals surface area contributed by atoms with Crippen LogP contribution in [0, 0.1) is 0 Å². The molecule has 0 atom stereocenters. The zero-order chi connectivity index (χ0) is 13.9. The lowest BCUT2D eigenvalue weighted by Crippen LogP contribution is -2.41. The van der Waals surface area contributed by atoms with Gasteiger partial charge in [0.25, 0.3) is 5.91 Å². The van der Waals surface area contributed by atoms with Crippen molar-refractivity contribution in [3.63, 3.8) is 0 Å². The molecule has 1 saturated carbocycles. The molecule has 1 heterocycles. The molecule has 1 fully saturated rings. The van der Waals surface area contributed by atoms with Crippen LogP contribution < -0.4 is 10.6 Å². The van der Waals surface area contributed by atoms with E-state index in [0.29, 0.717) is 11.7 Å². The molecule has 1 amide bonds. The van der Waals surface area contributed by atoms with Crippen molar-refractivity contribution in [3.05, 3.63) is 18.1 Å². The summed E-state index contributed by atoms with van der Waals surface area (Å²) in [5, 5.41) is 6.27. The smallest absolute Gasteiger partial charge is 0.270 e. The highest BCUT2D eigenvalue weighted by atomic mass is 16.2. The van der Waals surface area contributed by atoms with Crippen molar-refractivity contribution in [2.24, 2.45) is 0 Å². The summed E-state index contributed by atoms with van der Waals surface area (Å²) in [5.74, 6) is 0.574. The predicted molar refractivity (Wildman–Crippen MR) is 75.1 cm³/mol. The summed E-state index contributed by atoms with van der Waals surface area (Å²) in [4.78, 5) is 20.2. The topological polar surface area (TPSA) is 66.9 Å². The molecule has 1 aliphatic rings. The van der Waals surface area contributed by atoms with Crippen LogP contribution in [0.15, 0.2) is 12.4 Å². The lowest BCUT2D eigenvalue weighted by molar-refractivity contribution is 0.0914. The van der Waals surface area contributed by atoms with Crippen LogP contribution >= 0.6 is 0 Å². The standard InChI is InChI=1S/C14H22N4O/c1-14(2,3)18-13(19)11-8-12(16-9-15-11)17-10-6-4-5-7-10/h8-10H,4-7H2,1-3H3,(H,18,19)(H,15,16,17). The van der Waals surface area contributed by atoms with Crippen molar-refractivity contribution in [2.75, 3.05) is 5.32 Å². The van der Waals surface area contributed by atoms with Crippen LogP contribution in [0.4, 0.5) is 5.82 Å². The van der Waals surface area contributed by atoms with Crippen molar-refractivity contribution in [3.8, 4) is 0 Å². The number of carbonyl (C=O) groups excluding carboxylic acids is 1. The minimum atomic E-state index is -0.263. The molecule has 0 saturated heterocycles. The van der Waals surface area contributed by atoms with Gasteiger partial charge in [-0.2, -0.15) is 0 Å².